The first-order valence-electron chi connectivity index (χ1n) is 6.53. The van der Waals surface area contributed by atoms with Crippen LogP contribution in [0.15, 0.2) is 0 Å². The van der Waals surface area contributed by atoms with Crippen molar-refractivity contribution in [1.82, 2.24) is 0 Å². The van der Waals surface area contributed by atoms with Gasteiger partial charge in [-0.2, -0.15) is 0 Å². The minimum absolute atomic E-state index is 0.131. The zero-order valence-electron chi connectivity index (χ0n) is 11.2. The zero-order valence-corrected chi connectivity index (χ0v) is 12.1. The van der Waals surface area contributed by atoms with E-state index in [9.17, 15) is 9.90 Å². The molecule has 100 valence electrons. The molecule has 0 amide bonds. The van der Waals surface area contributed by atoms with Crippen LogP contribution in [0.1, 0.15) is 72.5 Å². The quantitative estimate of drug-likeness (QED) is 0.870. The van der Waals surface area contributed by atoms with Crippen LogP contribution in [0.4, 0.5) is 5.69 Å². The number of nitrogens with two attached hydrogens (primary N) is 1. The number of rotatable bonds is 3. The van der Waals surface area contributed by atoms with Gasteiger partial charge in [0.05, 0.1) is 5.69 Å². The lowest BCUT2D eigenvalue weighted by atomic mass is 9.82. The lowest BCUT2D eigenvalue weighted by molar-refractivity contribution is 0.0703. The zero-order chi connectivity index (χ0) is 13.5. The third-order valence-corrected chi connectivity index (χ3v) is 5.53. The molecular weight excluding hydrogens is 246 g/mol. The number of carboxylic acids is 1. The van der Waals surface area contributed by atoms with Crippen molar-refractivity contribution in [3.8, 4) is 0 Å². The second-order valence-corrected chi connectivity index (χ2v) is 6.84. The molecule has 0 atom stereocenters. The van der Waals surface area contributed by atoms with Crippen molar-refractivity contribution in [3.05, 3.63) is 15.3 Å². The maximum Gasteiger partial charge on any atom is 0.348 e. The molecule has 0 aliphatic heterocycles. The van der Waals surface area contributed by atoms with Crippen molar-refractivity contribution >= 4 is 23.0 Å². The summed E-state index contributed by atoms with van der Waals surface area (Å²) >= 11 is 1.39. The summed E-state index contributed by atoms with van der Waals surface area (Å²) in [4.78, 5) is 12.8. The van der Waals surface area contributed by atoms with Gasteiger partial charge >= 0.3 is 5.97 Å². The van der Waals surface area contributed by atoms with Gasteiger partial charge in [0.25, 0.3) is 0 Å². The molecule has 3 N–H and O–H groups in total. The normalized spacial score (nSPS) is 18.4. The first-order valence-corrected chi connectivity index (χ1v) is 7.34. The standard InChI is InChI=1S/C14H21NO2S/c1-8(2)9-10(15)11(13(16)17)18-12(9)14(3)6-4-5-7-14/h8H,4-7,15H2,1-3H3,(H,16,17). The third kappa shape index (κ3) is 2.03. The Hall–Kier alpha value is -1.03. The molecular formula is C14H21NO2S. The fourth-order valence-electron chi connectivity index (χ4n) is 3.02. The predicted octanol–water partition coefficient (Wildman–Crippen LogP) is 3.98. The summed E-state index contributed by atoms with van der Waals surface area (Å²) in [6.07, 6.45) is 4.75. The molecule has 1 aromatic rings. The van der Waals surface area contributed by atoms with Gasteiger partial charge in [-0.3, -0.25) is 0 Å². The Balaban J connectivity index is 2.59. The molecule has 0 bridgehead atoms. The van der Waals surface area contributed by atoms with Gasteiger partial charge in [0.2, 0.25) is 0 Å². The number of nitrogen functional groups attached to an aromatic ring is 1. The molecule has 2 rings (SSSR count). The van der Waals surface area contributed by atoms with Gasteiger partial charge in [-0.1, -0.05) is 33.6 Å². The Kier molecular flexibility index (Phi) is 3.41. The van der Waals surface area contributed by atoms with Crippen molar-refractivity contribution in [2.75, 3.05) is 5.73 Å². The third-order valence-electron chi connectivity index (χ3n) is 4.01. The first kappa shape index (κ1) is 13.4. The Bertz CT molecular complexity index is 470. The number of thiophene rings is 1. The van der Waals surface area contributed by atoms with Crippen molar-refractivity contribution in [1.29, 1.82) is 0 Å². The lowest BCUT2D eigenvalue weighted by Crippen LogP contribution is -2.17. The molecule has 0 unspecified atom stereocenters. The van der Waals surface area contributed by atoms with Crippen molar-refractivity contribution in [2.45, 2.75) is 57.8 Å². The molecule has 1 aliphatic rings. The Morgan fingerprint density at radius 2 is 1.94 bits per heavy atom. The molecule has 1 fully saturated rings. The minimum Gasteiger partial charge on any atom is -0.477 e. The highest BCUT2D eigenvalue weighted by molar-refractivity contribution is 7.15. The summed E-state index contributed by atoms with van der Waals surface area (Å²) in [7, 11) is 0. The number of hydrogen-bond acceptors (Lipinski definition) is 3. The van der Waals surface area contributed by atoms with Gasteiger partial charge in [0.15, 0.2) is 0 Å². The van der Waals surface area contributed by atoms with E-state index >= 15 is 0 Å². The van der Waals surface area contributed by atoms with Gasteiger partial charge in [0, 0.05) is 10.3 Å². The van der Waals surface area contributed by atoms with Gasteiger partial charge in [-0.05, 0) is 24.3 Å². The van der Waals surface area contributed by atoms with Crippen LogP contribution in [0, 0.1) is 0 Å². The summed E-state index contributed by atoms with van der Waals surface area (Å²) in [6, 6.07) is 0. The van der Waals surface area contributed by atoms with Gasteiger partial charge in [0.1, 0.15) is 4.88 Å². The van der Waals surface area contributed by atoms with Crippen molar-refractivity contribution in [3.63, 3.8) is 0 Å². The van der Waals surface area contributed by atoms with Crippen LogP contribution in [-0.2, 0) is 5.41 Å². The van der Waals surface area contributed by atoms with Crippen LogP contribution >= 0.6 is 11.3 Å². The van der Waals surface area contributed by atoms with Crippen LogP contribution < -0.4 is 5.73 Å². The van der Waals surface area contributed by atoms with E-state index in [-0.39, 0.29) is 11.3 Å². The van der Waals surface area contributed by atoms with Gasteiger partial charge < -0.3 is 10.8 Å². The van der Waals surface area contributed by atoms with E-state index in [1.54, 1.807) is 0 Å². The summed E-state index contributed by atoms with van der Waals surface area (Å²) in [5, 5.41) is 9.24. The summed E-state index contributed by atoms with van der Waals surface area (Å²) in [6.45, 7) is 6.43. The molecule has 1 saturated carbocycles. The van der Waals surface area contributed by atoms with Crippen molar-refractivity contribution in [2.24, 2.45) is 0 Å². The SMILES string of the molecule is CC(C)c1c(C2(C)CCCC2)sc(C(=O)O)c1N. The number of carbonyl (C=O) groups is 1. The van der Waals surface area contributed by atoms with Crippen LogP contribution in [0.2, 0.25) is 0 Å². The lowest BCUT2D eigenvalue weighted by Gasteiger charge is -2.25. The molecule has 0 aromatic carbocycles. The van der Waals surface area contributed by atoms with E-state index < -0.39 is 5.97 Å². The van der Waals surface area contributed by atoms with E-state index in [0.717, 1.165) is 18.4 Å². The van der Waals surface area contributed by atoms with Crippen molar-refractivity contribution < 1.29 is 9.90 Å². The average Bonchev–Trinajstić information content (AvgIpc) is 2.83. The Morgan fingerprint density at radius 3 is 2.39 bits per heavy atom. The summed E-state index contributed by atoms with van der Waals surface area (Å²) in [5.41, 5.74) is 7.76. The van der Waals surface area contributed by atoms with Crippen LogP contribution in [-0.4, -0.2) is 11.1 Å². The van der Waals surface area contributed by atoms with E-state index in [2.05, 4.69) is 20.8 Å². The molecule has 0 saturated heterocycles. The topological polar surface area (TPSA) is 63.3 Å². The minimum atomic E-state index is -0.896. The molecule has 3 nitrogen and oxygen atoms in total. The molecule has 18 heavy (non-hydrogen) atoms. The number of carboxylic acid groups (broad SMARTS) is 1. The highest BCUT2D eigenvalue weighted by atomic mass is 32.1. The van der Waals surface area contributed by atoms with Crippen LogP contribution in [0.25, 0.3) is 0 Å². The van der Waals surface area contributed by atoms with E-state index in [1.165, 1.54) is 29.1 Å². The van der Waals surface area contributed by atoms with E-state index in [4.69, 9.17) is 5.73 Å². The molecule has 1 aliphatic carbocycles. The highest BCUT2D eigenvalue weighted by Crippen LogP contribution is 2.49. The van der Waals surface area contributed by atoms with E-state index in [1.807, 2.05) is 0 Å². The monoisotopic (exact) mass is 267 g/mol. The summed E-state index contributed by atoms with van der Waals surface area (Å²) in [5.74, 6) is -0.617. The maximum absolute atomic E-state index is 11.3. The maximum atomic E-state index is 11.3. The molecule has 1 heterocycles. The largest absolute Gasteiger partial charge is 0.477 e. The summed E-state index contributed by atoms with van der Waals surface area (Å²) < 4.78 is 0. The molecule has 0 radical (unpaired) electrons. The second kappa shape index (κ2) is 4.57. The van der Waals surface area contributed by atoms with Gasteiger partial charge in [-0.15, -0.1) is 11.3 Å². The number of anilines is 1. The molecule has 4 heteroatoms. The number of aromatic carboxylic acids is 1. The second-order valence-electron chi connectivity index (χ2n) is 5.82. The highest BCUT2D eigenvalue weighted by Gasteiger charge is 2.37. The molecule has 1 aromatic heterocycles. The fraction of sp³-hybridized carbons (Fsp3) is 0.643. The predicted molar refractivity (Wildman–Crippen MR) is 75.6 cm³/mol. The average molecular weight is 267 g/mol. The Labute approximate surface area is 112 Å². The molecule has 0 spiro atoms. The fourth-order valence-corrected chi connectivity index (χ4v) is 4.44. The Morgan fingerprint density at radius 1 is 1.39 bits per heavy atom. The number of hydrogen-bond donors (Lipinski definition) is 2. The smallest absolute Gasteiger partial charge is 0.348 e. The van der Waals surface area contributed by atoms with Crippen LogP contribution in [0.5, 0.6) is 0 Å². The van der Waals surface area contributed by atoms with E-state index in [0.29, 0.717) is 10.6 Å². The van der Waals surface area contributed by atoms with Crippen LogP contribution in [0.3, 0.4) is 0 Å². The first-order chi connectivity index (χ1) is 8.37. The van der Waals surface area contributed by atoms with Gasteiger partial charge in [-0.25, -0.2) is 4.79 Å².